The molecule has 1 heterocycles. The van der Waals surface area contributed by atoms with Gasteiger partial charge in [-0.1, -0.05) is 60.2 Å². The Kier molecular flexibility index (Phi) is 4.08. The van der Waals surface area contributed by atoms with E-state index in [-0.39, 0.29) is 0 Å². The van der Waals surface area contributed by atoms with Gasteiger partial charge in [0.1, 0.15) is 6.10 Å². The van der Waals surface area contributed by atoms with Gasteiger partial charge < -0.3 is 4.74 Å². The third kappa shape index (κ3) is 3.42. The summed E-state index contributed by atoms with van der Waals surface area (Å²) in [5.74, 6) is 0. The fourth-order valence-electron chi connectivity index (χ4n) is 2.72. The maximum Gasteiger partial charge on any atom is 0.377 e. The number of benzene rings is 2. The molecule has 22 heavy (non-hydrogen) atoms. The molecule has 1 aliphatic rings. The molecule has 1 nitrogen and oxygen atoms in total. The summed E-state index contributed by atoms with van der Waals surface area (Å²) in [5.41, 5.74) is 3.67. The van der Waals surface area contributed by atoms with Crippen LogP contribution in [0.4, 0.5) is 8.78 Å². The summed E-state index contributed by atoms with van der Waals surface area (Å²) in [6, 6.07) is 17.4. The summed E-state index contributed by atoms with van der Waals surface area (Å²) in [6.07, 6.45) is -1.56. The summed E-state index contributed by atoms with van der Waals surface area (Å²) < 4.78 is 32.2. The molecule has 0 radical (unpaired) electrons. The quantitative estimate of drug-likeness (QED) is 0.704. The first-order chi connectivity index (χ1) is 10.5. The average Bonchev–Trinajstić information content (AvgIpc) is 2.82. The van der Waals surface area contributed by atoms with Crippen LogP contribution >= 0.6 is 0 Å². The molecule has 0 bridgehead atoms. The molecule has 2 aromatic carbocycles. The summed E-state index contributed by atoms with van der Waals surface area (Å²) in [4.78, 5) is 0. The molecule has 0 saturated heterocycles. The molecule has 0 fully saturated rings. The molecule has 1 unspecified atom stereocenters. The Labute approximate surface area is 129 Å². The predicted molar refractivity (Wildman–Crippen MR) is 82.8 cm³/mol. The molecule has 114 valence electrons. The van der Waals surface area contributed by atoms with Crippen molar-refractivity contribution in [3.63, 3.8) is 0 Å². The van der Waals surface area contributed by atoms with Crippen molar-refractivity contribution in [3.05, 3.63) is 82.9 Å². The number of aryl methyl sites for hydroxylation is 2. The van der Waals surface area contributed by atoms with Crippen LogP contribution in [0.2, 0.25) is 0 Å². The Morgan fingerprint density at radius 3 is 2.32 bits per heavy atom. The number of alkyl halides is 2. The van der Waals surface area contributed by atoms with Crippen LogP contribution < -0.4 is 0 Å². The van der Waals surface area contributed by atoms with Crippen molar-refractivity contribution in [2.45, 2.75) is 32.0 Å². The molecule has 0 N–H and O–H groups in total. The normalized spacial score (nSPS) is 20.0. The van der Waals surface area contributed by atoms with E-state index < -0.39 is 12.2 Å². The van der Waals surface area contributed by atoms with E-state index in [1.807, 2.05) is 61.5 Å². The van der Waals surface area contributed by atoms with Crippen LogP contribution in [0.3, 0.4) is 0 Å². The number of rotatable bonds is 4. The van der Waals surface area contributed by atoms with Crippen molar-refractivity contribution in [1.82, 2.24) is 0 Å². The SMILES string of the molecule is Cc1ccc(C2OC(F)(F)C=C2CCc2ccccc2)cc1. The highest BCUT2D eigenvalue weighted by Crippen LogP contribution is 2.42. The van der Waals surface area contributed by atoms with Gasteiger partial charge in [0, 0.05) is 6.08 Å². The molecule has 0 aromatic heterocycles. The second kappa shape index (κ2) is 6.01. The Morgan fingerprint density at radius 1 is 0.955 bits per heavy atom. The molecule has 2 aromatic rings. The number of hydrogen-bond donors (Lipinski definition) is 0. The van der Waals surface area contributed by atoms with Gasteiger partial charge in [-0.3, -0.25) is 0 Å². The minimum absolute atomic E-state index is 0.568. The Hall–Kier alpha value is -2.00. The van der Waals surface area contributed by atoms with Crippen LogP contribution in [0.15, 0.2) is 66.2 Å². The highest BCUT2D eigenvalue weighted by Gasteiger charge is 2.40. The van der Waals surface area contributed by atoms with Crippen LogP contribution in [-0.2, 0) is 11.2 Å². The smallest absolute Gasteiger partial charge is 0.304 e. The van der Waals surface area contributed by atoms with Gasteiger partial charge in [0.25, 0.3) is 0 Å². The number of ether oxygens (including phenoxy) is 1. The van der Waals surface area contributed by atoms with Gasteiger partial charge in [-0.25, -0.2) is 0 Å². The van der Waals surface area contributed by atoms with E-state index in [9.17, 15) is 8.78 Å². The van der Waals surface area contributed by atoms with E-state index in [1.54, 1.807) is 0 Å². The van der Waals surface area contributed by atoms with Crippen molar-refractivity contribution in [1.29, 1.82) is 0 Å². The van der Waals surface area contributed by atoms with Gasteiger partial charge in [-0.2, -0.15) is 8.78 Å². The molecular formula is C19H18F2O. The van der Waals surface area contributed by atoms with Crippen LogP contribution in [0.5, 0.6) is 0 Å². The third-order valence-electron chi connectivity index (χ3n) is 3.89. The summed E-state index contributed by atoms with van der Waals surface area (Å²) in [5, 5.41) is 0. The van der Waals surface area contributed by atoms with Crippen LogP contribution in [0, 0.1) is 6.92 Å². The monoisotopic (exact) mass is 300 g/mol. The Bertz CT molecular complexity index is 660. The van der Waals surface area contributed by atoms with Crippen molar-refractivity contribution < 1.29 is 13.5 Å². The zero-order valence-corrected chi connectivity index (χ0v) is 12.4. The lowest BCUT2D eigenvalue weighted by Gasteiger charge is -2.17. The fraction of sp³-hybridized carbons (Fsp3) is 0.263. The van der Waals surface area contributed by atoms with Gasteiger partial charge in [-0.15, -0.1) is 0 Å². The summed E-state index contributed by atoms with van der Waals surface area (Å²) in [6.45, 7) is 1.97. The average molecular weight is 300 g/mol. The topological polar surface area (TPSA) is 9.23 Å². The van der Waals surface area contributed by atoms with Crippen molar-refractivity contribution >= 4 is 0 Å². The standard InChI is InChI=1S/C19H18F2O/c1-14-7-10-16(11-8-14)18-17(13-19(20,21)22-18)12-9-15-5-3-2-4-6-15/h2-8,10-11,13,18H,9,12H2,1H3. The molecular weight excluding hydrogens is 282 g/mol. The van der Waals surface area contributed by atoms with E-state index in [0.717, 1.165) is 29.2 Å². The molecule has 0 saturated carbocycles. The maximum atomic E-state index is 13.6. The van der Waals surface area contributed by atoms with Crippen LogP contribution in [-0.4, -0.2) is 6.11 Å². The second-order valence-corrected chi connectivity index (χ2v) is 5.68. The zero-order chi connectivity index (χ0) is 15.6. The van der Waals surface area contributed by atoms with Crippen molar-refractivity contribution in [2.75, 3.05) is 0 Å². The largest absolute Gasteiger partial charge is 0.377 e. The molecule has 3 rings (SSSR count). The Balaban J connectivity index is 1.78. The minimum atomic E-state index is -3.18. The predicted octanol–water partition coefficient (Wildman–Crippen LogP) is 5.22. The first-order valence-corrected chi connectivity index (χ1v) is 7.41. The minimum Gasteiger partial charge on any atom is -0.304 e. The molecule has 0 amide bonds. The number of hydrogen-bond acceptors (Lipinski definition) is 1. The van der Waals surface area contributed by atoms with Gasteiger partial charge in [0.15, 0.2) is 0 Å². The molecule has 0 aliphatic carbocycles. The second-order valence-electron chi connectivity index (χ2n) is 5.68. The fourth-order valence-corrected chi connectivity index (χ4v) is 2.72. The first-order valence-electron chi connectivity index (χ1n) is 7.41. The van der Waals surface area contributed by atoms with Gasteiger partial charge in [-0.05, 0) is 36.5 Å². The van der Waals surface area contributed by atoms with E-state index in [2.05, 4.69) is 0 Å². The summed E-state index contributed by atoms with van der Waals surface area (Å²) in [7, 11) is 0. The lowest BCUT2D eigenvalue weighted by molar-refractivity contribution is -0.206. The Morgan fingerprint density at radius 2 is 1.64 bits per heavy atom. The molecule has 3 heteroatoms. The maximum absolute atomic E-state index is 13.6. The third-order valence-corrected chi connectivity index (χ3v) is 3.89. The van der Waals surface area contributed by atoms with Gasteiger partial charge in [0.2, 0.25) is 0 Å². The van der Waals surface area contributed by atoms with Crippen LogP contribution in [0.1, 0.15) is 29.2 Å². The van der Waals surface area contributed by atoms with E-state index in [0.29, 0.717) is 12.0 Å². The van der Waals surface area contributed by atoms with E-state index >= 15 is 0 Å². The molecule has 0 spiro atoms. The highest BCUT2D eigenvalue weighted by atomic mass is 19.3. The van der Waals surface area contributed by atoms with Crippen LogP contribution in [0.25, 0.3) is 0 Å². The summed E-state index contributed by atoms with van der Waals surface area (Å²) >= 11 is 0. The first kappa shape index (κ1) is 14.9. The van der Waals surface area contributed by atoms with E-state index in [1.165, 1.54) is 0 Å². The molecule has 1 atom stereocenters. The lowest BCUT2D eigenvalue weighted by Crippen LogP contribution is -2.14. The van der Waals surface area contributed by atoms with Crippen molar-refractivity contribution in [3.8, 4) is 0 Å². The highest BCUT2D eigenvalue weighted by molar-refractivity contribution is 5.33. The molecule has 1 aliphatic heterocycles. The lowest BCUT2D eigenvalue weighted by atomic mass is 9.96. The van der Waals surface area contributed by atoms with Crippen molar-refractivity contribution in [2.24, 2.45) is 0 Å². The van der Waals surface area contributed by atoms with Gasteiger partial charge in [0.05, 0.1) is 0 Å². The van der Waals surface area contributed by atoms with Gasteiger partial charge >= 0.3 is 6.11 Å². The zero-order valence-electron chi connectivity index (χ0n) is 12.4. The number of halogens is 2. The van der Waals surface area contributed by atoms with E-state index in [4.69, 9.17) is 4.74 Å².